The van der Waals surface area contributed by atoms with Gasteiger partial charge in [0.25, 0.3) is 0 Å². The van der Waals surface area contributed by atoms with Gasteiger partial charge in [-0.25, -0.2) is 0 Å². The van der Waals surface area contributed by atoms with Crippen molar-refractivity contribution < 1.29 is 9.47 Å². The van der Waals surface area contributed by atoms with Gasteiger partial charge in [0.05, 0.1) is 0 Å². The molecular formula is C20H25N3O2. The molecule has 3 rings (SSSR count). The Hall–Kier alpha value is -2.69. The summed E-state index contributed by atoms with van der Waals surface area (Å²) >= 11 is 0. The van der Waals surface area contributed by atoms with E-state index in [0.29, 0.717) is 6.79 Å². The second-order valence-electron chi connectivity index (χ2n) is 5.95. The smallest absolute Gasteiger partial charge is 0.231 e. The van der Waals surface area contributed by atoms with Crippen LogP contribution >= 0.6 is 0 Å². The van der Waals surface area contributed by atoms with Crippen molar-refractivity contribution in [1.29, 1.82) is 0 Å². The second-order valence-corrected chi connectivity index (χ2v) is 5.95. The molecule has 2 N–H and O–H groups in total. The Labute approximate surface area is 149 Å². The van der Waals surface area contributed by atoms with Gasteiger partial charge in [-0.15, -0.1) is 0 Å². The van der Waals surface area contributed by atoms with Gasteiger partial charge in [0.15, 0.2) is 17.5 Å². The fourth-order valence-corrected chi connectivity index (χ4v) is 2.79. The fourth-order valence-electron chi connectivity index (χ4n) is 2.79. The SMILES string of the molecule is CN=C(NCCCc1ccccc1)NCCc1ccc2c(c1)OCO2. The summed E-state index contributed by atoms with van der Waals surface area (Å²) in [7, 11) is 1.80. The molecule has 25 heavy (non-hydrogen) atoms. The molecular weight excluding hydrogens is 314 g/mol. The first kappa shape index (κ1) is 17.1. The van der Waals surface area contributed by atoms with Gasteiger partial charge in [-0.1, -0.05) is 36.4 Å². The van der Waals surface area contributed by atoms with Crippen LogP contribution in [0.25, 0.3) is 0 Å². The molecule has 0 unspecified atom stereocenters. The average molecular weight is 339 g/mol. The summed E-state index contributed by atoms with van der Waals surface area (Å²) in [5.41, 5.74) is 2.59. The normalized spacial score (nSPS) is 12.9. The van der Waals surface area contributed by atoms with Gasteiger partial charge in [-0.3, -0.25) is 4.99 Å². The number of hydrogen-bond acceptors (Lipinski definition) is 3. The molecule has 0 saturated heterocycles. The van der Waals surface area contributed by atoms with E-state index in [0.717, 1.165) is 49.8 Å². The Morgan fingerprint density at radius 2 is 1.72 bits per heavy atom. The van der Waals surface area contributed by atoms with Crippen LogP contribution in [0.1, 0.15) is 17.5 Å². The zero-order chi connectivity index (χ0) is 17.3. The molecule has 0 atom stereocenters. The lowest BCUT2D eigenvalue weighted by Gasteiger charge is -2.12. The van der Waals surface area contributed by atoms with Crippen molar-refractivity contribution in [1.82, 2.24) is 10.6 Å². The molecule has 5 nitrogen and oxygen atoms in total. The van der Waals surface area contributed by atoms with E-state index in [-0.39, 0.29) is 0 Å². The van der Waals surface area contributed by atoms with Gasteiger partial charge in [-0.2, -0.15) is 0 Å². The standard InChI is InChI=1S/C20H25N3O2/c1-21-20(22-12-5-8-16-6-3-2-4-7-16)23-13-11-17-9-10-18-19(14-17)25-15-24-18/h2-4,6-7,9-10,14H,5,8,11-13,15H2,1H3,(H2,21,22,23). The molecule has 5 heteroatoms. The molecule has 0 amide bonds. The highest BCUT2D eigenvalue weighted by molar-refractivity contribution is 5.79. The van der Waals surface area contributed by atoms with E-state index >= 15 is 0 Å². The monoisotopic (exact) mass is 339 g/mol. The summed E-state index contributed by atoms with van der Waals surface area (Å²) in [4.78, 5) is 4.27. The van der Waals surface area contributed by atoms with E-state index in [1.54, 1.807) is 7.05 Å². The van der Waals surface area contributed by atoms with Crippen LogP contribution < -0.4 is 20.1 Å². The first-order valence-corrected chi connectivity index (χ1v) is 8.72. The molecule has 0 saturated carbocycles. The first-order chi connectivity index (χ1) is 12.3. The number of ether oxygens (including phenoxy) is 2. The third-order valence-corrected chi connectivity index (χ3v) is 4.14. The molecule has 0 bridgehead atoms. The Balaban J connectivity index is 1.35. The minimum Gasteiger partial charge on any atom is -0.454 e. The van der Waals surface area contributed by atoms with Crippen molar-refractivity contribution in [2.75, 3.05) is 26.9 Å². The molecule has 2 aromatic rings. The van der Waals surface area contributed by atoms with Crippen LogP contribution in [0.5, 0.6) is 11.5 Å². The van der Waals surface area contributed by atoms with Crippen LogP contribution in [-0.2, 0) is 12.8 Å². The van der Waals surface area contributed by atoms with Gasteiger partial charge < -0.3 is 20.1 Å². The molecule has 0 aromatic heterocycles. The number of guanidine groups is 1. The summed E-state index contributed by atoms with van der Waals surface area (Å²) in [6.45, 7) is 2.03. The molecule has 0 spiro atoms. The number of nitrogens with zero attached hydrogens (tertiary/aromatic N) is 1. The highest BCUT2D eigenvalue weighted by atomic mass is 16.7. The van der Waals surface area contributed by atoms with E-state index in [1.165, 1.54) is 11.1 Å². The minimum absolute atomic E-state index is 0.316. The van der Waals surface area contributed by atoms with E-state index in [9.17, 15) is 0 Å². The maximum atomic E-state index is 5.41. The highest BCUT2D eigenvalue weighted by Crippen LogP contribution is 2.32. The van der Waals surface area contributed by atoms with Gasteiger partial charge in [-0.05, 0) is 42.5 Å². The molecule has 2 aromatic carbocycles. The van der Waals surface area contributed by atoms with Gasteiger partial charge in [0.2, 0.25) is 6.79 Å². The summed E-state index contributed by atoms with van der Waals surface area (Å²) in [5.74, 6) is 2.50. The lowest BCUT2D eigenvalue weighted by molar-refractivity contribution is 0.174. The van der Waals surface area contributed by atoms with Gasteiger partial charge in [0.1, 0.15) is 0 Å². The van der Waals surface area contributed by atoms with Crippen molar-refractivity contribution in [3.8, 4) is 11.5 Å². The van der Waals surface area contributed by atoms with Crippen molar-refractivity contribution in [2.45, 2.75) is 19.3 Å². The molecule has 1 heterocycles. The molecule has 0 fully saturated rings. The Morgan fingerprint density at radius 3 is 2.56 bits per heavy atom. The van der Waals surface area contributed by atoms with E-state index in [4.69, 9.17) is 9.47 Å². The minimum atomic E-state index is 0.316. The molecule has 0 aliphatic carbocycles. The van der Waals surface area contributed by atoms with E-state index in [1.807, 2.05) is 18.2 Å². The quantitative estimate of drug-likeness (QED) is 0.463. The van der Waals surface area contributed by atoms with Crippen LogP contribution in [0.2, 0.25) is 0 Å². The lowest BCUT2D eigenvalue weighted by Crippen LogP contribution is -2.38. The largest absolute Gasteiger partial charge is 0.454 e. The molecule has 1 aliphatic heterocycles. The van der Waals surface area contributed by atoms with Crippen LogP contribution in [0.15, 0.2) is 53.5 Å². The number of aryl methyl sites for hydroxylation is 1. The van der Waals surface area contributed by atoms with Crippen LogP contribution in [0, 0.1) is 0 Å². The zero-order valence-electron chi connectivity index (χ0n) is 14.6. The summed E-state index contributed by atoms with van der Waals surface area (Å²) in [6, 6.07) is 16.6. The zero-order valence-corrected chi connectivity index (χ0v) is 14.6. The number of aliphatic imine (C=N–C) groups is 1. The summed E-state index contributed by atoms with van der Waals surface area (Å²) in [5, 5.41) is 6.71. The average Bonchev–Trinajstić information content (AvgIpc) is 3.12. The van der Waals surface area contributed by atoms with Crippen LogP contribution in [-0.4, -0.2) is 32.9 Å². The van der Waals surface area contributed by atoms with Crippen molar-refractivity contribution in [3.63, 3.8) is 0 Å². The number of benzene rings is 2. The molecule has 132 valence electrons. The van der Waals surface area contributed by atoms with E-state index < -0.39 is 0 Å². The predicted octanol–water partition coefficient (Wildman–Crippen LogP) is 2.76. The summed E-state index contributed by atoms with van der Waals surface area (Å²) < 4.78 is 10.7. The lowest BCUT2D eigenvalue weighted by atomic mass is 10.1. The Kier molecular flexibility index (Phi) is 6.15. The second kappa shape index (κ2) is 8.97. The Bertz CT molecular complexity index is 701. The fraction of sp³-hybridized carbons (Fsp3) is 0.350. The number of fused-ring (bicyclic) bond motifs is 1. The third kappa shape index (κ3) is 5.14. The van der Waals surface area contributed by atoms with Gasteiger partial charge in [0, 0.05) is 20.1 Å². The van der Waals surface area contributed by atoms with Crippen LogP contribution in [0.3, 0.4) is 0 Å². The summed E-state index contributed by atoms with van der Waals surface area (Å²) in [6.07, 6.45) is 3.05. The third-order valence-electron chi connectivity index (χ3n) is 4.14. The van der Waals surface area contributed by atoms with Crippen LogP contribution in [0.4, 0.5) is 0 Å². The maximum absolute atomic E-state index is 5.41. The Morgan fingerprint density at radius 1 is 0.920 bits per heavy atom. The molecule has 0 radical (unpaired) electrons. The number of nitrogens with one attached hydrogen (secondary N) is 2. The molecule has 1 aliphatic rings. The van der Waals surface area contributed by atoms with Crippen molar-refractivity contribution in [3.05, 3.63) is 59.7 Å². The van der Waals surface area contributed by atoms with E-state index in [2.05, 4.69) is 46.0 Å². The maximum Gasteiger partial charge on any atom is 0.231 e. The predicted molar refractivity (Wildman–Crippen MR) is 100 cm³/mol. The van der Waals surface area contributed by atoms with Crippen molar-refractivity contribution in [2.24, 2.45) is 4.99 Å². The van der Waals surface area contributed by atoms with Gasteiger partial charge >= 0.3 is 0 Å². The number of rotatable bonds is 7. The highest BCUT2D eigenvalue weighted by Gasteiger charge is 2.12. The number of hydrogen-bond donors (Lipinski definition) is 2. The first-order valence-electron chi connectivity index (χ1n) is 8.72. The topological polar surface area (TPSA) is 54.9 Å². The van der Waals surface area contributed by atoms with Crippen molar-refractivity contribution >= 4 is 5.96 Å².